The molecule has 0 unspecified atom stereocenters. The molecular formula is C15H17NO3S2. The molecule has 3 rings (SSSR count). The average molecular weight is 323 g/mol. The molecule has 0 aliphatic heterocycles. The van der Waals surface area contributed by atoms with Gasteiger partial charge in [0.2, 0.25) is 0 Å². The van der Waals surface area contributed by atoms with Crippen LogP contribution < -0.4 is 4.74 Å². The van der Waals surface area contributed by atoms with E-state index in [4.69, 9.17) is 4.74 Å². The van der Waals surface area contributed by atoms with E-state index in [1.165, 1.54) is 11.3 Å². The average Bonchev–Trinajstić information content (AvgIpc) is 3.16. The normalized spacial score (nSPS) is 15.3. The first kappa shape index (κ1) is 14.6. The molecule has 0 atom stereocenters. The summed E-state index contributed by atoms with van der Waals surface area (Å²) in [4.78, 5) is 0. The monoisotopic (exact) mass is 323 g/mol. The van der Waals surface area contributed by atoms with Crippen LogP contribution in [-0.4, -0.2) is 25.9 Å². The van der Waals surface area contributed by atoms with Gasteiger partial charge in [-0.25, -0.2) is 8.42 Å². The molecule has 1 aromatic heterocycles. The standard InChI is InChI=1S/C15H17NO3S2/c1-19-14-6-3-2-5-12(14)11-16(13-8-9-13)21(17,18)15-7-4-10-20-15/h2-7,10,13H,8-9,11H2,1H3. The van der Waals surface area contributed by atoms with Crippen LogP contribution in [0.3, 0.4) is 0 Å². The third kappa shape index (κ3) is 2.97. The SMILES string of the molecule is COc1ccccc1CN(C1CC1)S(=O)(=O)c1cccs1. The highest BCUT2D eigenvalue weighted by Crippen LogP contribution is 2.35. The van der Waals surface area contributed by atoms with Crippen molar-refractivity contribution in [3.63, 3.8) is 0 Å². The zero-order valence-corrected chi connectivity index (χ0v) is 13.4. The minimum absolute atomic E-state index is 0.113. The van der Waals surface area contributed by atoms with Crippen molar-refractivity contribution in [2.45, 2.75) is 29.6 Å². The molecule has 0 spiro atoms. The molecule has 0 radical (unpaired) electrons. The Morgan fingerprint density at radius 2 is 2.00 bits per heavy atom. The van der Waals surface area contributed by atoms with Crippen molar-refractivity contribution in [2.75, 3.05) is 7.11 Å². The van der Waals surface area contributed by atoms with E-state index in [9.17, 15) is 8.42 Å². The summed E-state index contributed by atoms with van der Waals surface area (Å²) in [6, 6.07) is 11.1. The van der Waals surface area contributed by atoms with Crippen LogP contribution in [0.25, 0.3) is 0 Å². The zero-order chi connectivity index (χ0) is 14.9. The largest absolute Gasteiger partial charge is 0.496 e. The summed E-state index contributed by atoms with van der Waals surface area (Å²) >= 11 is 1.26. The van der Waals surface area contributed by atoms with Gasteiger partial charge in [-0.05, 0) is 30.4 Å². The molecule has 0 amide bonds. The predicted molar refractivity (Wildman–Crippen MR) is 83.1 cm³/mol. The van der Waals surface area contributed by atoms with Crippen molar-refractivity contribution in [1.82, 2.24) is 4.31 Å². The van der Waals surface area contributed by atoms with Gasteiger partial charge >= 0.3 is 0 Å². The molecule has 1 aliphatic rings. The quantitative estimate of drug-likeness (QED) is 0.820. The van der Waals surface area contributed by atoms with Gasteiger partial charge in [0.05, 0.1) is 7.11 Å². The van der Waals surface area contributed by atoms with E-state index >= 15 is 0 Å². The summed E-state index contributed by atoms with van der Waals surface area (Å²) in [7, 11) is -1.82. The highest BCUT2D eigenvalue weighted by atomic mass is 32.2. The van der Waals surface area contributed by atoms with E-state index in [-0.39, 0.29) is 6.04 Å². The molecule has 0 N–H and O–H groups in total. The highest BCUT2D eigenvalue weighted by molar-refractivity contribution is 7.91. The van der Waals surface area contributed by atoms with Crippen molar-refractivity contribution in [3.05, 3.63) is 47.3 Å². The number of thiophene rings is 1. The number of para-hydroxylation sites is 1. The predicted octanol–water partition coefficient (Wildman–Crippen LogP) is 3.11. The first-order chi connectivity index (χ1) is 10.1. The Bertz CT molecular complexity index is 706. The topological polar surface area (TPSA) is 46.6 Å². The van der Waals surface area contributed by atoms with Crippen LogP contribution in [0, 0.1) is 0 Å². The lowest BCUT2D eigenvalue weighted by Crippen LogP contribution is -2.32. The minimum atomic E-state index is -3.42. The Morgan fingerprint density at radius 1 is 1.24 bits per heavy atom. The summed E-state index contributed by atoms with van der Waals surface area (Å²) in [5.74, 6) is 0.726. The maximum atomic E-state index is 12.8. The fraction of sp³-hybridized carbons (Fsp3) is 0.333. The van der Waals surface area contributed by atoms with E-state index in [0.29, 0.717) is 10.8 Å². The van der Waals surface area contributed by atoms with E-state index in [1.807, 2.05) is 24.3 Å². The molecule has 1 saturated carbocycles. The van der Waals surface area contributed by atoms with Gasteiger partial charge in [-0.1, -0.05) is 24.3 Å². The molecule has 21 heavy (non-hydrogen) atoms. The Morgan fingerprint density at radius 3 is 2.62 bits per heavy atom. The van der Waals surface area contributed by atoms with Gasteiger partial charge in [-0.15, -0.1) is 11.3 Å². The first-order valence-corrected chi connectivity index (χ1v) is 9.12. The third-order valence-electron chi connectivity index (χ3n) is 3.53. The first-order valence-electron chi connectivity index (χ1n) is 6.80. The third-order valence-corrected chi connectivity index (χ3v) is 6.80. The van der Waals surface area contributed by atoms with Gasteiger partial charge in [-0.2, -0.15) is 4.31 Å². The second-order valence-electron chi connectivity index (χ2n) is 5.03. The summed E-state index contributed by atoms with van der Waals surface area (Å²) < 4.78 is 32.9. The minimum Gasteiger partial charge on any atom is -0.496 e. The summed E-state index contributed by atoms with van der Waals surface area (Å²) in [6.45, 7) is 0.356. The molecule has 0 saturated heterocycles. The number of hydrogen-bond acceptors (Lipinski definition) is 4. The van der Waals surface area contributed by atoms with Crippen molar-refractivity contribution < 1.29 is 13.2 Å². The number of hydrogen-bond donors (Lipinski definition) is 0. The van der Waals surface area contributed by atoms with E-state index < -0.39 is 10.0 Å². The number of methoxy groups -OCH3 is 1. The van der Waals surface area contributed by atoms with Crippen molar-refractivity contribution in [2.24, 2.45) is 0 Å². The number of benzene rings is 1. The summed E-state index contributed by atoms with van der Waals surface area (Å²) in [5.41, 5.74) is 0.895. The molecule has 1 aliphatic carbocycles. The fourth-order valence-electron chi connectivity index (χ4n) is 2.30. The number of sulfonamides is 1. The maximum Gasteiger partial charge on any atom is 0.253 e. The lowest BCUT2D eigenvalue weighted by atomic mass is 10.2. The maximum absolute atomic E-state index is 12.8. The Hall–Kier alpha value is -1.37. The van der Waals surface area contributed by atoms with Crippen LogP contribution in [0.4, 0.5) is 0 Å². The second-order valence-corrected chi connectivity index (χ2v) is 8.09. The molecule has 1 heterocycles. The van der Waals surface area contributed by atoms with Crippen LogP contribution in [0.15, 0.2) is 46.0 Å². The Labute approximate surface area is 129 Å². The van der Waals surface area contributed by atoms with Crippen molar-refractivity contribution in [3.8, 4) is 5.75 Å². The second kappa shape index (κ2) is 5.79. The Balaban J connectivity index is 1.93. The highest BCUT2D eigenvalue weighted by Gasteiger charge is 2.38. The molecule has 2 aromatic rings. The van der Waals surface area contributed by atoms with Gasteiger partial charge < -0.3 is 4.74 Å². The molecule has 4 nitrogen and oxygen atoms in total. The van der Waals surface area contributed by atoms with Gasteiger partial charge in [0.15, 0.2) is 0 Å². The van der Waals surface area contributed by atoms with Crippen LogP contribution in [0.5, 0.6) is 5.75 Å². The van der Waals surface area contributed by atoms with Crippen molar-refractivity contribution in [1.29, 1.82) is 0 Å². The molecule has 112 valence electrons. The van der Waals surface area contributed by atoms with Gasteiger partial charge in [0, 0.05) is 18.2 Å². The zero-order valence-electron chi connectivity index (χ0n) is 11.7. The molecular weight excluding hydrogens is 306 g/mol. The molecule has 1 fully saturated rings. The van der Waals surface area contributed by atoms with Crippen LogP contribution in [0.1, 0.15) is 18.4 Å². The van der Waals surface area contributed by atoms with Crippen molar-refractivity contribution >= 4 is 21.4 Å². The lowest BCUT2D eigenvalue weighted by molar-refractivity contribution is 0.375. The summed E-state index contributed by atoms with van der Waals surface area (Å²) in [5, 5.41) is 1.79. The van der Waals surface area contributed by atoms with Gasteiger partial charge in [0.1, 0.15) is 9.96 Å². The summed E-state index contributed by atoms with van der Waals surface area (Å²) in [6.07, 6.45) is 1.86. The van der Waals surface area contributed by atoms with E-state index in [1.54, 1.807) is 28.9 Å². The van der Waals surface area contributed by atoms with Gasteiger partial charge in [-0.3, -0.25) is 0 Å². The van der Waals surface area contributed by atoms with E-state index in [0.717, 1.165) is 24.2 Å². The molecule has 6 heteroatoms. The fourth-order valence-corrected chi connectivity index (χ4v) is 5.08. The number of nitrogens with zero attached hydrogens (tertiary/aromatic N) is 1. The number of rotatable bonds is 6. The Kier molecular flexibility index (Phi) is 4.01. The van der Waals surface area contributed by atoms with E-state index in [2.05, 4.69) is 0 Å². The molecule has 0 bridgehead atoms. The molecule has 1 aromatic carbocycles. The van der Waals surface area contributed by atoms with Crippen LogP contribution in [0.2, 0.25) is 0 Å². The smallest absolute Gasteiger partial charge is 0.253 e. The number of ether oxygens (including phenoxy) is 1. The van der Waals surface area contributed by atoms with Gasteiger partial charge in [0.25, 0.3) is 10.0 Å². The lowest BCUT2D eigenvalue weighted by Gasteiger charge is -2.22. The van der Waals surface area contributed by atoms with Crippen LogP contribution >= 0.6 is 11.3 Å². The van der Waals surface area contributed by atoms with Crippen LogP contribution in [-0.2, 0) is 16.6 Å².